The summed E-state index contributed by atoms with van der Waals surface area (Å²) in [7, 11) is 0. The number of nitrogens with zero attached hydrogens (tertiary/aromatic N) is 2. The number of amides is 1. The Labute approximate surface area is 142 Å². The number of benzene rings is 2. The van der Waals surface area contributed by atoms with E-state index in [2.05, 4.69) is 17.5 Å². The maximum absolute atomic E-state index is 12.9. The molecule has 1 aliphatic rings. The number of carbonyl (C=O) groups excluding carboxylic acids is 1. The minimum atomic E-state index is 0.0960. The molecule has 122 valence electrons. The number of thiol groups is 1. The Balaban J connectivity index is 1.70. The number of fused-ring (bicyclic) bond motifs is 1. The van der Waals surface area contributed by atoms with Crippen molar-refractivity contribution in [2.24, 2.45) is 5.73 Å². The van der Waals surface area contributed by atoms with Gasteiger partial charge in [0.05, 0.1) is 0 Å². The lowest BCUT2D eigenvalue weighted by Gasteiger charge is -2.35. The van der Waals surface area contributed by atoms with Crippen LogP contribution in [-0.2, 0) is 0 Å². The van der Waals surface area contributed by atoms with Gasteiger partial charge in [-0.1, -0.05) is 36.4 Å². The highest BCUT2D eigenvalue weighted by molar-refractivity contribution is 7.80. The van der Waals surface area contributed by atoms with Crippen LogP contribution < -0.4 is 5.73 Å². The van der Waals surface area contributed by atoms with Crippen molar-refractivity contribution in [3.8, 4) is 0 Å². The van der Waals surface area contributed by atoms with E-state index in [0.29, 0.717) is 5.75 Å². The predicted molar refractivity (Wildman–Crippen MR) is 98.1 cm³/mol. The van der Waals surface area contributed by atoms with E-state index in [1.165, 1.54) is 0 Å². The molecule has 0 spiro atoms. The Morgan fingerprint density at radius 1 is 1.09 bits per heavy atom. The molecule has 1 heterocycles. The van der Waals surface area contributed by atoms with Crippen LogP contribution >= 0.6 is 12.6 Å². The maximum Gasteiger partial charge on any atom is 0.254 e. The number of hydrogen-bond donors (Lipinski definition) is 2. The van der Waals surface area contributed by atoms with Gasteiger partial charge in [0.1, 0.15) is 0 Å². The molecule has 1 atom stereocenters. The van der Waals surface area contributed by atoms with Crippen LogP contribution in [0, 0.1) is 0 Å². The molecule has 0 bridgehead atoms. The number of nitrogens with two attached hydrogens (primary N) is 1. The fourth-order valence-corrected chi connectivity index (χ4v) is 3.22. The van der Waals surface area contributed by atoms with E-state index < -0.39 is 0 Å². The van der Waals surface area contributed by atoms with Gasteiger partial charge < -0.3 is 10.6 Å². The molecule has 4 nitrogen and oxygen atoms in total. The monoisotopic (exact) mass is 329 g/mol. The second-order valence-corrected chi connectivity index (χ2v) is 6.43. The third-order valence-electron chi connectivity index (χ3n) is 4.41. The highest BCUT2D eigenvalue weighted by Gasteiger charge is 2.23. The van der Waals surface area contributed by atoms with E-state index >= 15 is 0 Å². The van der Waals surface area contributed by atoms with Crippen molar-refractivity contribution in [2.75, 3.05) is 38.5 Å². The molecular formula is C18H23N3OS. The molecule has 23 heavy (non-hydrogen) atoms. The van der Waals surface area contributed by atoms with Gasteiger partial charge in [-0.05, 0) is 16.8 Å². The van der Waals surface area contributed by atoms with Crippen LogP contribution in [-0.4, -0.2) is 60.2 Å². The summed E-state index contributed by atoms with van der Waals surface area (Å²) in [6.45, 7) is 4.10. The number of carbonyl (C=O) groups is 1. The first kappa shape index (κ1) is 16.3. The van der Waals surface area contributed by atoms with Crippen LogP contribution in [0.5, 0.6) is 0 Å². The zero-order valence-electron chi connectivity index (χ0n) is 13.2. The van der Waals surface area contributed by atoms with Crippen molar-refractivity contribution in [3.05, 3.63) is 48.0 Å². The van der Waals surface area contributed by atoms with E-state index in [0.717, 1.165) is 49.1 Å². The molecule has 0 aliphatic carbocycles. The first-order valence-corrected chi connectivity index (χ1v) is 8.68. The molecule has 2 aromatic rings. The van der Waals surface area contributed by atoms with Crippen LogP contribution in [0.2, 0.25) is 0 Å². The average Bonchev–Trinajstić information content (AvgIpc) is 2.61. The van der Waals surface area contributed by atoms with E-state index in [1.54, 1.807) is 0 Å². The molecule has 1 saturated heterocycles. The van der Waals surface area contributed by atoms with Gasteiger partial charge in [-0.15, -0.1) is 0 Å². The van der Waals surface area contributed by atoms with Gasteiger partial charge in [-0.2, -0.15) is 12.6 Å². The van der Waals surface area contributed by atoms with Crippen molar-refractivity contribution in [3.63, 3.8) is 0 Å². The fourth-order valence-electron chi connectivity index (χ4n) is 3.11. The summed E-state index contributed by atoms with van der Waals surface area (Å²) in [6, 6.07) is 14.1. The summed E-state index contributed by atoms with van der Waals surface area (Å²) >= 11 is 4.23. The third kappa shape index (κ3) is 3.68. The molecule has 3 rings (SSSR count). The summed E-state index contributed by atoms with van der Waals surface area (Å²) in [4.78, 5) is 17.1. The first-order valence-electron chi connectivity index (χ1n) is 8.05. The Bertz CT molecular complexity index is 678. The SMILES string of the molecule is N[C@@H](CS)CN1CCN(C(=O)c2cccc3ccccc23)CC1. The summed E-state index contributed by atoms with van der Waals surface area (Å²) in [5.74, 6) is 0.815. The molecule has 5 heteroatoms. The van der Waals surface area contributed by atoms with Crippen LogP contribution in [0.25, 0.3) is 10.8 Å². The molecule has 0 saturated carbocycles. The van der Waals surface area contributed by atoms with Gasteiger partial charge in [0, 0.05) is 50.1 Å². The van der Waals surface area contributed by atoms with Crippen LogP contribution in [0.3, 0.4) is 0 Å². The second-order valence-electron chi connectivity index (χ2n) is 6.06. The Kier molecular flexibility index (Phi) is 5.20. The lowest BCUT2D eigenvalue weighted by Crippen LogP contribution is -2.51. The number of hydrogen-bond acceptors (Lipinski definition) is 4. The maximum atomic E-state index is 12.9. The quantitative estimate of drug-likeness (QED) is 0.842. The smallest absolute Gasteiger partial charge is 0.254 e. The van der Waals surface area contributed by atoms with Gasteiger partial charge in [0.25, 0.3) is 5.91 Å². The number of rotatable bonds is 4. The van der Waals surface area contributed by atoms with Crippen LogP contribution in [0.4, 0.5) is 0 Å². The third-order valence-corrected chi connectivity index (χ3v) is 4.88. The molecule has 1 amide bonds. The molecule has 1 fully saturated rings. The zero-order valence-corrected chi connectivity index (χ0v) is 14.1. The van der Waals surface area contributed by atoms with Gasteiger partial charge in [-0.25, -0.2) is 0 Å². The number of piperazine rings is 1. The standard InChI is InChI=1S/C18H23N3OS/c19-15(13-23)12-20-8-10-21(11-9-20)18(22)17-7-3-5-14-4-1-2-6-16(14)17/h1-7,15,23H,8-13,19H2/t15-/m1/s1. The first-order chi connectivity index (χ1) is 11.2. The predicted octanol–water partition coefficient (Wildman–Crippen LogP) is 1.85. The van der Waals surface area contributed by atoms with E-state index in [1.807, 2.05) is 47.4 Å². The largest absolute Gasteiger partial charge is 0.336 e. The topological polar surface area (TPSA) is 49.6 Å². The lowest BCUT2D eigenvalue weighted by molar-refractivity contribution is 0.0635. The average molecular weight is 329 g/mol. The Morgan fingerprint density at radius 3 is 2.52 bits per heavy atom. The van der Waals surface area contributed by atoms with Crippen molar-refractivity contribution >= 4 is 29.3 Å². The normalized spacial score (nSPS) is 17.4. The summed E-state index contributed by atoms with van der Waals surface area (Å²) in [5, 5.41) is 2.14. The lowest BCUT2D eigenvalue weighted by atomic mass is 10.0. The van der Waals surface area contributed by atoms with E-state index in [9.17, 15) is 4.79 Å². The molecule has 0 aromatic heterocycles. The van der Waals surface area contributed by atoms with Gasteiger partial charge in [0.15, 0.2) is 0 Å². The van der Waals surface area contributed by atoms with Crippen LogP contribution in [0.1, 0.15) is 10.4 Å². The van der Waals surface area contributed by atoms with E-state index in [4.69, 9.17) is 5.73 Å². The molecule has 0 radical (unpaired) electrons. The van der Waals surface area contributed by atoms with Crippen molar-refractivity contribution < 1.29 is 4.79 Å². The molecular weight excluding hydrogens is 306 g/mol. The van der Waals surface area contributed by atoms with Crippen molar-refractivity contribution in [1.29, 1.82) is 0 Å². The van der Waals surface area contributed by atoms with Gasteiger partial charge in [-0.3, -0.25) is 9.69 Å². The minimum Gasteiger partial charge on any atom is -0.336 e. The van der Waals surface area contributed by atoms with Gasteiger partial charge in [0.2, 0.25) is 0 Å². The van der Waals surface area contributed by atoms with Crippen molar-refractivity contribution in [1.82, 2.24) is 9.80 Å². The second kappa shape index (κ2) is 7.34. The molecule has 2 N–H and O–H groups in total. The minimum absolute atomic E-state index is 0.0960. The van der Waals surface area contributed by atoms with E-state index in [-0.39, 0.29) is 11.9 Å². The molecule has 1 aliphatic heterocycles. The molecule has 2 aromatic carbocycles. The summed E-state index contributed by atoms with van der Waals surface area (Å²) in [5.41, 5.74) is 6.75. The van der Waals surface area contributed by atoms with Crippen LogP contribution in [0.15, 0.2) is 42.5 Å². The Morgan fingerprint density at radius 2 is 1.78 bits per heavy atom. The highest BCUT2D eigenvalue weighted by atomic mass is 32.1. The highest BCUT2D eigenvalue weighted by Crippen LogP contribution is 2.20. The fraction of sp³-hybridized carbons (Fsp3) is 0.389. The summed E-state index contributed by atoms with van der Waals surface area (Å²) in [6.07, 6.45) is 0. The van der Waals surface area contributed by atoms with Crippen molar-refractivity contribution in [2.45, 2.75) is 6.04 Å². The summed E-state index contributed by atoms with van der Waals surface area (Å²) < 4.78 is 0. The molecule has 0 unspecified atom stereocenters. The Hall–Kier alpha value is -1.56. The van der Waals surface area contributed by atoms with Gasteiger partial charge >= 0.3 is 0 Å². The zero-order chi connectivity index (χ0) is 16.2.